The van der Waals surface area contributed by atoms with Gasteiger partial charge in [-0.1, -0.05) is 67.6 Å². The molecule has 0 saturated heterocycles. The zero-order valence-corrected chi connectivity index (χ0v) is 13.5. The van der Waals surface area contributed by atoms with E-state index in [1.165, 1.54) is 0 Å². The molecule has 0 aliphatic heterocycles. The van der Waals surface area contributed by atoms with Gasteiger partial charge in [-0.3, -0.25) is 0 Å². The predicted octanol–water partition coefficient (Wildman–Crippen LogP) is 3.42. The van der Waals surface area contributed by atoms with E-state index in [0.717, 1.165) is 11.1 Å². The molecule has 3 nitrogen and oxygen atoms in total. The quantitative estimate of drug-likeness (QED) is 0.745. The number of rotatable bonds is 9. The van der Waals surface area contributed by atoms with Crippen molar-refractivity contribution in [3.63, 3.8) is 0 Å². The number of nitrogens with one attached hydrogen (secondary N) is 1. The van der Waals surface area contributed by atoms with Gasteiger partial charge in [0, 0.05) is 13.0 Å². The summed E-state index contributed by atoms with van der Waals surface area (Å²) < 4.78 is 20.1. The minimum absolute atomic E-state index is 0.0828. The van der Waals surface area contributed by atoms with Gasteiger partial charge in [-0.2, -0.15) is 0 Å². The molecule has 0 bridgehead atoms. The Hall–Kier alpha value is -1.75. The van der Waals surface area contributed by atoms with Gasteiger partial charge in [-0.15, -0.1) is 0 Å². The molecule has 0 heterocycles. The van der Waals surface area contributed by atoms with E-state index in [1.807, 2.05) is 60.7 Å². The summed E-state index contributed by atoms with van der Waals surface area (Å²) in [6.45, 7) is 2.41. The van der Waals surface area contributed by atoms with Crippen molar-refractivity contribution in [2.75, 3.05) is 19.7 Å². The van der Waals surface area contributed by atoms with E-state index in [0.29, 0.717) is 6.54 Å². The number of nitrogens with two attached hydrogens (primary N) is 1. The SMILES string of the molecule is CCC(F)(CNC(c1ccccc1)c1ccccc1)OCCN. The Morgan fingerprint density at radius 2 is 1.57 bits per heavy atom. The lowest BCUT2D eigenvalue weighted by Crippen LogP contribution is -2.41. The molecule has 0 radical (unpaired) electrons. The van der Waals surface area contributed by atoms with E-state index < -0.39 is 5.85 Å². The van der Waals surface area contributed by atoms with Crippen LogP contribution in [0.15, 0.2) is 60.7 Å². The first kappa shape index (κ1) is 17.6. The highest BCUT2D eigenvalue weighted by Crippen LogP contribution is 2.24. The molecule has 2 rings (SSSR count). The molecule has 124 valence electrons. The van der Waals surface area contributed by atoms with Gasteiger partial charge in [-0.05, 0) is 11.1 Å². The second-order valence-electron chi connectivity index (χ2n) is 5.51. The van der Waals surface area contributed by atoms with Crippen LogP contribution in [-0.2, 0) is 4.74 Å². The van der Waals surface area contributed by atoms with Crippen LogP contribution in [0.3, 0.4) is 0 Å². The van der Waals surface area contributed by atoms with Gasteiger partial charge in [0.15, 0.2) is 0 Å². The fourth-order valence-electron chi connectivity index (χ4n) is 2.49. The molecular weight excluding hydrogens is 291 g/mol. The van der Waals surface area contributed by atoms with E-state index in [2.05, 4.69) is 5.32 Å². The van der Waals surface area contributed by atoms with Gasteiger partial charge in [0.1, 0.15) is 0 Å². The fraction of sp³-hybridized carbons (Fsp3) is 0.368. The highest BCUT2D eigenvalue weighted by molar-refractivity contribution is 5.31. The molecule has 0 fully saturated rings. The molecular formula is C19H25FN2O. The number of alkyl halides is 1. The van der Waals surface area contributed by atoms with E-state index in [4.69, 9.17) is 10.5 Å². The minimum Gasteiger partial charge on any atom is -0.343 e. The van der Waals surface area contributed by atoms with E-state index in [9.17, 15) is 4.39 Å². The maximum Gasteiger partial charge on any atom is 0.221 e. The average Bonchev–Trinajstić information content (AvgIpc) is 2.62. The summed E-state index contributed by atoms with van der Waals surface area (Å²) in [5.74, 6) is -1.71. The molecule has 1 atom stereocenters. The van der Waals surface area contributed by atoms with Crippen LogP contribution in [0.4, 0.5) is 4.39 Å². The standard InChI is InChI=1S/C19H25FN2O/c1-2-19(20,23-14-13-21)15-22-18(16-9-5-3-6-10-16)17-11-7-4-8-12-17/h3-12,18,22H,2,13-15,21H2,1H3. The van der Waals surface area contributed by atoms with Crippen molar-refractivity contribution in [2.45, 2.75) is 25.2 Å². The van der Waals surface area contributed by atoms with Crippen molar-refractivity contribution in [2.24, 2.45) is 5.73 Å². The van der Waals surface area contributed by atoms with Crippen molar-refractivity contribution >= 4 is 0 Å². The van der Waals surface area contributed by atoms with Gasteiger partial charge in [0.25, 0.3) is 0 Å². The Morgan fingerprint density at radius 3 is 2.00 bits per heavy atom. The summed E-state index contributed by atoms with van der Waals surface area (Å²) in [6.07, 6.45) is 0.274. The third-order valence-corrected chi connectivity index (χ3v) is 3.84. The number of ether oxygens (including phenoxy) is 1. The first-order chi connectivity index (χ1) is 11.2. The number of hydrogen-bond acceptors (Lipinski definition) is 3. The van der Waals surface area contributed by atoms with Crippen molar-refractivity contribution in [3.05, 3.63) is 71.8 Å². The van der Waals surface area contributed by atoms with Crippen LogP contribution in [0, 0.1) is 0 Å². The summed E-state index contributed by atoms with van der Waals surface area (Å²) in [4.78, 5) is 0. The Kier molecular flexibility index (Phi) is 6.71. The summed E-state index contributed by atoms with van der Waals surface area (Å²) in [7, 11) is 0. The molecule has 0 aliphatic carbocycles. The Bertz CT molecular complexity index is 525. The first-order valence-corrected chi connectivity index (χ1v) is 8.05. The summed E-state index contributed by atoms with van der Waals surface area (Å²) >= 11 is 0. The lowest BCUT2D eigenvalue weighted by molar-refractivity contribution is -0.142. The molecule has 0 spiro atoms. The monoisotopic (exact) mass is 316 g/mol. The Balaban J connectivity index is 2.16. The third kappa shape index (κ3) is 5.13. The second-order valence-corrected chi connectivity index (χ2v) is 5.51. The molecule has 23 heavy (non-hydrogen) atoms. The zero-order valence-electron chi connectivity index (χ0n) is 13.5. The van der Waals surface area contributed by atoms with Crippen LogP contribution in [0.2, 0.25) is 0 Å². The molecule has 0 aromatic heterocycles. The van der Waals surface area contributed by atoms with E-state index in [-0.39, 0.29) is 25.6 Å². The van der Waals surface area contributed by atoms with Crippen LogP contribution >= 0.6 is 0 Å². The van der Waals surface area contributed by atoms with Gasteiger partial charge in [-0.25, -0.2) is 4.39 Å². The largest absolute Gasteiger partial charge is 0.343 e. The molecule has 2 aromatic carbocycles. The zero-order chi connectivity index (χ0) is 16.5. The summed E-state index contributed by atoms with van der Waals surface area (Å²) in [5.41, 5.74) is 7.60. The Labute approximate surface area is 137 Å². The fourth-order valence-corrected chi connectivity index (χ4v) is 2.49. The van der Waals surface area contributed by atoms with Crippen molar-refractivity contribution < 1.29 is 9.13 Å². The van der Waals surface area contributed by atoms with Gasteiger partial charge >= 0.3 is 0 Å². The normalized spacial score (nSPS) is 13.9. The Morgan fingerprint density at radius 1 is 1.04 bits per heavy atom. The first-order valence-electron chi connectivity index (χ1n) is 8.05. The van der Waals surface area contributed by atoms with Crippen molar-refractivity contribution in [1.82, 2.24) is 5.32 Å². The molecule has 0 aliphatic rings. The third-order valence-electron chi connectivity index (χ3n) is 3.84. The molecule has 0 amide bonds. The maximum atomic E-state index is 14.8. The molecule has 4 heteroatoms. The minimum atomic E-state index is -1.71. The number of benzene rings is 2. The molecule has 3 N–H and O–H groups in total. The lowest BCUT2D eigenvalue weighted by Gasteiger charge is -2.28. The predicted molar refractivity (Wildman–Crippen MR) is 91.9 cm³/mol. The van der Waals surface area contributed by atoms with Crippen LogP contribution in [0.1, 0.15) is 30.5 Å². The molecule has 2 aromatic rings. The highest BCUT2D eigenvalue weighted by atomic mass is 19.2. The summed E-state index contributed by atoms with van der Waals surface area (Å²) in [5, 5.41) is 3.31. The van der Waals surface area contributed by atoms with E-state index >= 15 is 0 Å². The van der Waals surface area contributed by atoms with Crippen LogP contribution in [0.25, 0.3) is 0 Å². The van der Waals surface area contributed by atoms with Crippen molar-refractivity contribution in [1.29, 1.82) is 0 Å². The van der Waals surface area contributed by atoms with Crippen LogP contribution < -0.4 is 11.1 Å². The average molecular weight is 316 g/mol. The molecule has 1 unspecified atom stereocenters. The van der Waals surface area contributed by atoms with Crippen molar-refractivity contribution in [3.8, 4) is 0 Å². The smallest absolute Gasteiger partial charge is 0.221 e. The van der Waals surface area contributed by atoms with Gasteiger partial charge < -0.3 is 15.8 Å². The second kappa shape index (κ2) is 8.77. The number of halogens is 1. The van der Waals surface area contributed by atoms with Crippen LogP contribution in [-0.4, -0.2) is 25.6 Å². The lowest BCUT2D eigenvalue weighted by atomic mass is 9.98. The molecule has 0 saturated carbocycles. The highest BCUT2D eigenvalue weighted by Gasteiger charge is 2.29. The van der Waals surface area contributed by atoms with Gasteiger partial charge in [0.2, 0.25) is 5.85 Å². The van der Waals surface area contributed by atoms with Crippen LogP contribution in [0.5, 0.6) is 0 Å². The summed E-state index contributed by atoms with van der Waals surface area (Å²) in [6, 6.07) is 20.0. The topological polar surface area (TPSA) is 47.3 Å². The van der Waals surface area contributed by atoms with Gasteiger partial charge in [0.05, 0.1) is 19.2 Å². The maximum absolute atomic E-state index is 14.8. The number of hydrogen-bond donors (Lipinski definition) is 2. The van der Waals surface area contributed by atoms with E-state index in [1.54, 1.807) is 6.92 Å².